The van der Waals surface area contributed by atoms with Crippen LogP contribution in [-0.2, 0) is 9.53 Å². The summed E-state index contributed by atoms with van der Waals surface area (Å²) in [5.74, 6) is -0.216. The van der Waals surface area contributed by atoms with Crippen molar-refractivity contribution >= 4 is 52.4 Å². The Labute approximate surface area is 258 Å². The average molecular weight is 638 g/mol. The summed E-state index contributed by atoms with van der Waals surface area (Å²) in [6.07, 6.45) is 4.33. The van der Waals surface area contributed by atoms with Gasteiger partial charge in [-0.3, -0.25) is 19.5 Å². The van der Waals surface area contributed by atoms with Gasteiger partial charge in [0.15, 0.2) is 9.96 Å². The highest BCUT2D eigenvalue weighted by Crippen LogP contribution is 2.37. The van der Waals surface area contributed by atoms with E-state index in [0.717, 1.165) is 11.3 Å². The van der Waals surface area contributed by atoms with Gasteiger partial charge in [0.2, 0.25) is 0 Å². The average Bonchev–Trinajstić information content (AvgIpc) is 3.27. The van der Waals surface area contributed by atoms with Gasteiger partial charge in [-0.1, -0.05) is 22.9 Å². The molecule has 14 heteroatoms. The Hall–Kier alpha value is -4.33. The summed E-state index contributed by atoms with van der Waals surface area (Å²) in [5.41, 5.74) is 0.828. The van der Waals surface area contributed by atoms with E-state index in [-0.39, 0.29) is 15.8 Å². The molecule has 11 nitrogen and oxygen atoms in total. The summed E-state index contributed by atoms with van der Waals surface area (Å²) < 4.78 is 12.8. The van der Waals surface area contributed by atoms with Crippen LogP contribution in [0.15, 0.2) is 86.0 Å². The van der Waals surface area contributed by atoms with Crippen molar-refractivity contribution in [1.82, 2.24) is 14.5 Å². The maximum absolute atomic E-state index is 14.1. The topological polar surface area (TPSA) is 139 Å². The van der Waals surface area contributed by atoms with Gasteiger partial charge in [-0.2, -0.15) is 0 Å². The number of allylic oxidation sites excluding steroid dienone is 1. The molecule has 0 aliphatic carbocycles. The van der Waals surface area contributed by atoms with Crippen LogP contribution < -0.4 is 19.6 Å². The van der Waals surface area contributed by atoms with Crippen LogP contribution in [0.2, 0.25) is 5.02 Å². The Balaban J connectivity index is 1.75. The molecule has 0 unspecified atom stereocenters. The Bertz CT molecular complexity index is 1960. The van der Waals surface area contributed by atoms with Crippen LogP contribution in [0, 0.1) is 10.1 Å². The number of carbonyl (C=O) groups is 1. The Kier molecular flexibility index (Phi) is 8.76. The summed E-state index contributed by atoms with van der Waals surface area (Å²) >= 11 is 8.67. The van der Waals surface area contributed by atoms with Crippen LogP contribution in [-0.4, -0.2) is 38.6 Å². The van der Waals surface area contributed by atoms with Crippen molar-refractivity contribution in [3.8, 4) is 5.75 Å². The minimum atomic E-state index is -0.963. The SMILES string of the molecule is COc1ccc(Cl)cc1[C@H]1C(C(=O)OC(C)C)=C(C)N=c2s/c(=C\c3cc([N+](=O)[O-])ccc3Sc3ncccn3)c(=O)n21. The molecule has 0 saturated carbocycles. The first-order valence-corrected chi connectivity index (χ1v) is 14.9. The number of esters is 1. The molecule has 0 N–H and O–H groups in total. The number of hydrogen-bond donors (Lipinski definition) is 0. The molecule has 3 heterocycles. The van der Waals surface area contributed by atoms with E-state index >= 15 is 0 Å². The molecule has 0 spiro atoms. The van der Waals surface area contributed by atoms with Crippen molar-refractivity contribution in [3.63, 3.8) is 0 Å². The van der Waals surface area contributed by atoms with E-state index in [1.165, 1.54) is 35.6 Å². The van der Waals surface area contributed by atoms with Crippen molar-refractivity contribution in [1.29, 1.82) is 0 Å². The number of thiazole rings is 1. The molecular weight excluding hydrogens is 614 g/mol. The van der Waals surface area contributed by atoms with Crippen LogP contribution >= 0.6 is 34.7 Å². The number of rotatable bonds is 8. The number of benzene rings is 2. The number of aromatic nitrogens is 3. The zero-order chi connectivity index (χ0) is 30.8. The fraction of sp³-hybridized carbons (Fsp3) is 0.207. The second-order valence-corrected chi connectivity index (χ2v) is 12.0. The molecule has 2 aromatic carbocycles. The van der Waals surface area contributed by atoms with Crippen LogP contribution in [0.4, 0.5) is 5.69 Å². The van der Waals surface area contributed by atoms with E-state index in [1.54, 1.807) is 69.6 Å². The lowest BCUT2D eigenvalue weighted by Crippen LogP contribution is -2.40. The fourth-order valence-corrected chi connectivity index (χ4v) is 6.52. The van der Waals surface area contributed by atoms with Gasteiger partial charge in [-0.25, -0.2) is 19.8 Å². The molecule has 1 aliphatic heterocycles. The largest absolute Gasteiger partial charge is 0.496 e. The molecule has 0 radical (unpaired) electrons. The van der Waals surface area contributed by atoms with Crippen molar-refractivity contribution in [2.75, 3.05) is 7.11 Å². The Morgan fingerprint density at radius 2 is 1.95 bits per heavy atom. The lowest BCUT2D eigenvalue weighted by molar-refractivity contribution is -0.384. The summed E-state index contributed by atoms with van der Waals surface area (Å²) in [5, 5.41) is 12.4. The van der Waals surface area contributed by atoms with Gasteiger partial charge in [0.1, 0.15) is 11.8 Å². The molecule has 220 valence electrons. The molecule has 2 aromatic heterocycles. The third-order valence-electron chi connectivity index (χ3n) is 6.30. The third-order valence-corrected chi connectivity index (χ3v) is 8.51. The lowest BCUT2D eigenvalue weighted by atomic mass is 9.95. The quantitative estimate of drug-likeness (QED) is 0.116. The lowest BCUT2D eigenvalue weighted by Gasteiger charge is -2.26. The maximum atomic E-state index is 14.1. The molecular formula is C29H24ClN5O6S2. The number of ether oxygens (including phenoxy) is 2. The summed E-state index contributed by atoms with van der Waals surface area (Å²) in [4.78, 5) is 52.6. The van der Waals surface area contributed by atoms with Crippen LogP contribution in [0.5, 0.6) is 5.75 Å². The van der Waals surface area contributed by atoms with Crippen molar-refractivity contribution in [3.05, 3.63) is 112 Å². The van der Waals surface area contributed by atoms with Crippen molar-refractivity contribution in [2.45, 2.75) is 43.0 Å². The smallest absolute Gasteiger partial charge is 0.338 e. The minimum Gasteiger partial charge on any atom is -0.496 e. The molecule has 5 rings (SSSR count). The molecule has 1 atom stereocenters. The second-order valence-electron chi connectivity index (χ2n) is 9.53. The highest BCUT2D eigenvalue weighted by molar-refractivity contribution is 7.99. The van der Waals surface area contributed by atoms with E-state index in [4.69, 9.17) is 21.1 Å². The fourth-order valence-electron chi connectivity index (χ4n) is 4.51. The van der Waals surface area contributed by atoms with E-state index < -0.39 is 28.6 Å². The number of hydrogen-bond acceptors (Lipinski definition) is 11. The summed E-state index contributed by atoms with van der Waals surface area (Å²) in [7, 11) is 1.48. The number of carbonyl (C=O) groups excluding carboxylic acids is 1. The zero-order valence-corrected chi connectivity index (χ0v) is 25.7. The first-order valence-electron chi connectivity index (χ1n) is 12.9. The van der Waals surface area contributed by atoms with Gasteiger partial charge in [-0.05, 0) is 74.5 Å². The highest BCUT2D eigenvalue weighted by atomic mass is 35.5. The van der Waals surface area contributed by atoms with Gasteiger partial charge in [-0.15, -0.1) is 0 Å². The van der Waals surface area contributed by atoms with E-state index in [9.17, 15) is 19.7 Å². The predicted octanol–water partition coefficient (Wildman–Crippen LogP) is 4.70. The highest BCUT2D eigenvalue weighted by Gasteiger charge is 2.35. The molecule has 1 aliphatic rings. The summed E-state index contributed by atoms with van der Waals surface area (Å²) in [6.45, 7) is 5.13. The number of halogens is 1. The van der Waals surface area contributed by atoms with Crippen LogP contribution in [0.25, 0.3) is 6.08 Å². The van der Waals surface area contributed by atoms with Crippen LogP contribution in [0.3, 0.4) is 0 Å². The second kappa shape index (κ2) is 12.5. The molecule has 0 fully saturated rings. The Morgan fingerprint density at radius 3 is 2.63 bits per heavy atom. The van der Waals surface area contributed by atoms with E-state index in [2.05, 4.69) is 15.0 Å². The molecule has 43 heavy (non-hydrogen) atoms. The number of non-ortho nitro benzene ring substituents is 1. The number of nitro benzene ring substituents is 1. The molecule has 0 amide bonds. The van der Waals surface area contributed by atoms with Gasteiger partial charge >= 0.3 is 5.97 Å². The molecule has 0 saturated heterocycles. The standard InChI is InChI=1S/C29H24ClN5O6S2/c1-15(2)41-27(37)24-16(3)33-29-34(25(24)20-14-18(30)6-8-21(20)40-4)26(36)23(43-29)13-17-12-19(35(38)39)7-9-22(17)42-28-31-10-5-11-32-28/h5-15,25H,1-4H3/b23-13-/t25-/m0/s1. The monoisotopic (exact) mass is 637 g/mol. The van der Waals surface area contributed by atoms with E-state index in [0.29, 0.717) is 42.4 Å². The number of nitrogens with zero attached hydrogens (tertiary/aromatic N) is 5. The van der Waals surface area contributed by atoms with Crippen LogP contribution in [0.1, 0.15) is 37.9 Å². The summed E-state index contributed by atoms with van der Waals surface area (Å²) in [6, 6.07) is 10.0. The number of nitro groups is 1. The third kappa shape index (κ3) is 6.24. The minimum absolute atomic E-state index is 0.145. The predicted molar refractivity (Wildman–Crippen MR) is 162 cm³/mol. The van der Waals surface area contributed by atoms with Gasteiger partial charge < -0.3 is 9.47 Å². The Morgan fingerprint density at radius 1 is 1.21 bits per heavy atom. The first kappa shape index (κ1) is 30.1. The molecule has 0 bridgehead atoms. The normalized spacial score (nSPS) is 14.8. The molecule has 4 aromatic rings. The maximum Gasteiger partial charge on any atom is 0.338 e. The first-order chi connectivity index (χ1) is 20.6. The zero-order valence-electron chi connectivity index (χ0n) is 23.3. The van der Waals surface area contributed by atoms with Gasteiger partial charge in [0, 0.05) is 40.0 Å². The van der Waals surface area contributed by atoms with Crippen molar-refractivity contribution in [2.24, 2.45) is 4.99 Å². The van der Waals surface area contributed by atoms with Gasteiger partial charge in [0.05, 0.1) is 33.9 Å². The van der Waals surface area contributed by atoms with Gasteiger partial charge in [0.25, 0.3) is 11.2 Å². The van der Waals surface area contributed by atoms with Crippen molar-refractivity contribution < 1.29 is 19.2 Å². The number of fused-ring (bicyclic) bond motifs is 1. The van der Waals surface area contributed by atoms with E-state index in [1.807, 2.05) is 0 Å². The number of methoxy groups -OCH3 is 1.